The lowest BCUT2D eigenvalue weighted by molar-refractivity contribution is 0.346. The SMILES string of the molecule is CC1CNCC(NS(=O)(=O)c2cccc3ccccc23)C1. The zero-order valence-corrected chi connectivity index (χ0v) is 12.9. The zero-order valence-electron chi connectivity index (χ0n) is 12.0. The minimum atomic E-state index is -3.50. The van der Waals surface area contributed by atoms with Gasteiger partial charge >= 0.3 is 0 Å². The Morgan fingerprint density at radius 2 is 1.86 bits per heavy atom. The summed E-state index contributed by atoms with van der Waals surface area (Å²) >= 11 is 0. The highest BCUT2D eigenvalue weighted by Crippen LogP contribution is 2.23. The summed E-state index contributed by atoms with van der Waals surface area (Å²) in [6.07, 6.45) is 0.872. The van der Waals surface area contributed by atoms with Gasteiger partial charge in [-0.1, -0.05) is 43.3 Å². The second-order valence-electron chi connectivity index (χ2n) is 5.79. The molecule has 112 valence electrons. The van der Waals surface area contributed by atoms with Crippen molar-refractivity contribution in [3.05, 3.63) is 42.5 Å². The van der Waals surface area contributed by atoms with Crippen LogP contribution < -0.4 is 10.0 Å². The summed E-state index contributed by atoms with van der Waals surface area (Å²) in [6.45, 7) is 3.77. The minimum absolute atomic E-state index is 0.0438. The normalized spacial score (nSPS) is 23.3. The summed E-state index contributed by atoms with van der Waals surface area (Å²) in [6, 6.07) is 12.9. The topological polar surface area (TPSA) is 58.2 Å². The number of benzene rings is 2. The van der Waals surface area contributed by atoms with Crippen LogP contribution in [-0.2, 0) is 10.0 Å². The van der Waals surface area contributed by atoms with Gasteiger partial charge in [0.05, 0.1) is 4.90 Å². The maximum atomic E-state index is 12.7. The van der Waals surface area contributed by atoms with Crippen LogP contribution in [0, 0.1) is 5.92 Å². The molecule has 2 aromatic rings. The number of sulfonamides is 1. The second-order valence-corrected chi connectivity index (χ2v) is 7.48. The summed E-state index contributed by atoms with van der Waals surface area (Å²) in [5, 5.41) is 4.98. The van der Waals surface area contributed by atoms with Crippen LogP contribution >= 0.6 is 0 Å². The fraction of sp³-hybridized carbons (Fsp3) is 0.375. The first-order valence-corrected chi connectivity index (χ1v) is 8.75. The molecular weight excluding hydrogens is 284 g/mol. The lowest BCUT2D eigenvalue weighted by Gasteiger charge is -2.28. The van der Waals surface area contributed by atoms with Crippen LogP contribution in [0.4, 0.5) is 0 Å². The third-order valence-electron chi connectivity index (χ3n) is 3.93. The van der Waals surface area contributed by atoms with Gasteiger partial charge in [0, 0.05) is 18.0 Å². The first-order valence-electron chi connectivity index (χ1n) is 7.27. The molecule has 4 nitrogen and oxygen atoms in total. The molecule has 0 aromatic heterocycles. The lowest BCUT2D eigenvalue weighted by atomic mass is 9.99. The van der Waals surface area contributed by atoms with E-state index >= 15 is 0 Å². The Bertz CT molecular complexity index is 738. The van der Waals surface area contributed by atoms with E-state index in [0.717, 1.165) is 23.7 Å². The van der Waals surface area contributed by atoms with Crippen molar-refractivity contribution < 1.29 is 8.42 Å². The van der Waals surface area contributed by atoms with Gasteiger partial charge in [0.15, 0.2) is 0 Å². The predicted octanol–water partition coefficient (Wildman–Crippen LogP) is 2.12. The van der Waals surface area contributed by atoms with Crippen LogP contribution in [0.2, 0.25) is 0 Å². The van der Waals surface area contributed by atoms with Crippen molar-refractivity contribution in [3.63, 3.8) is 0 Å². The largest absolute Gasteiger partial charge is 0.315 e. The van der Waals surface area contributed by atoms with Gasteiger partial charge in [-0.05, 0) is 30.3 Å². The van der Waals surface area contributed by atoms with Crippen LogP contribution in [0.25, 0.3) is 10.8 Å². The van der Waals surface area contributed by atoms with Crippen molar-refractivity contribution in [1.29, 1.82) is 0 Å². The van der Waals surface area contributed by atoms with E-state index in [2.05, 4.69) is 17.0 Å². The maximum absolute atomic E-state index is 12.7. The fourth-order valence-electron chi connectivity index (χ4n) is 2.96. The molecule has 0 saturated carbocycles. The Labute approximate surface area is 125 Å². The number of rotatable bonds is 3. The van der Waals surface area contributed by atoms with Gasteiger partial charge < -0.3 is 5.32 Å². The average molecular weight is 304 g/mol. The zero-order chi connectivity index (χ0) is 14.9. The van der Waals surface area contributed by atoms with E-state index in [4.69, 9.17) is 0 Å². The quantitative estimate of drug-likeness (QED) is 0.913. The van der Waals surface area contributed by atoms with Crippen LogP contribution in [0.5, 0.6) is 0 Å². The fourth-order valence-corrected chi connectivity index (χ4v) is 4.44. The molecule has 2 N–H and O–H groups in total. The third kappa shape index (κ3) is 3.10. The molecule has 0 aliphatic carbocycles. The van der Waals surface area contributed by atoms with E-state index in [1.165, 1.54) is 0 Å². The molecule has 0 amide bonds. The standard InChI is InChI=1S/C16H20N2O2S/c1-12-9-14(11-17-10-12)18-21(19,20)16-8-4-6-13-5-2-3-7-15(13)16/h2-8,12,14,17-18H,9-11H2,1H3. The van der Waals surface area contributed by atoms with E-state index in [9.17, 15) is 8.42 Å². The van der Waals surface area contributed by atoms with Crippen molar-refractivity contribution in [3.8, 4) is 0 Å². The van der Waals surface area contributed by atoms with Crippen molar-refractivity contribution >= 4 is 20.8 Å². The highest BCUT2D eigenvalue weighted by Gasteiger charge is 2.25. The van der Waals surface area contributed by atoms with E-state index in [1.807, 2.05) is 30.3 Å². The smallest absolute Gasteiger partial charge is 0.241 e. The van der Waals surface area contributed by atoms with E-state index < -0.39 is 10.0 Å². The Morgan fingerprint density at radius 1 is 1.10 bits per heavy atom. The highest BCUT2D eigenvalue weighted by molar-refractivity contribution is 7.89. The lowest BCUT2D eigenvalue weighted by Crippen LogP contribution is -2.48. The minimum Gasteiger partial charge on any atom is -0.315 e. The monoisotopic (exact) mass is 304 g/mol. The maximum Gasteiger partial charge on any atom is 0.241 e. The van der Waals surface area contributed by atoms with Gasteiger partial charge in [0.25, 0.3) is 0 Å². The van der Waals surface area contributed by atoms with Crippen LogP contribution in [0.15, 0.2) is 47.4 Å². The van der Waals surface area contributed by atoms with Crippen molar-refractivity contribution in [2.45, 2.75) is 24.3 Å². The first-order chi connectivity index (χ1) is 10.1. The second kappa shape index (κ2) is 5.75. The van der Waals surface area contributed by atoms with Crippen LogP contribution in [0.1, 0.15) is 13.3 Å². The predicted molar refractivity (Wildman–Crippen MR) is 84.7 cm³/mol. The molecule has 1 fully saturated rings. The van der Waals surface area contributed by atoms with Crippen LogP contribution in [0.3, 0.4) is 0 Å². The molecule has 2 unspecified atom stereocenters. The molecule has 1 aliphatic heterocycles. The van der Waals surface area contributed by atoms with Crippen molar-refractivity contribution in [2.75, 3.05) is 13.1 Å². The number of piperidine rings is 1. The summed E-state index contributed by atoms with van der Waals surface area (Å²) < 4.78 is 28.2. The molecule has 0 bridgehead atoms. The first kappa shape index (κ1) is 14.5. The molecular formula is C16H20N2O2S. The van der Waals surface area contributed by atoms with Crippen LogP contribution in [-0.4, -0.2) is 27.5 Å². The average Bonchev–Trinajstić information content (AvgIpc) is 2.46. The van der Waals surface area contributed by atoms with Gasteiger partial charge in [-0.2, -0.15) is 0 Å². The van der Waals surface area contributed by atoms with Gasteiger partial charge in [0.2, 0.25) is 10.0 Å². The Hall–Kier alpha value is -1.43. The number of fused-ring (bicyclic) bond motifs is 1. The third-order valence-corrected chi connectivity index (χ3v) is 5.51. The van der Waals surface area contributed by atoms with Gasteiger partial charge in [-0.25, -0.2) is 13.1 Å². The Kier molecular flexibility index (Phi) is 3.97. The molecule has 1 saturated heterocycles. The molecule has 21 heavy (non-hydrogen) atoms. The summed E-state index contributed by atoms with van der Waals surface area (Å²) in [5.41, 5.74) is 0. The molecule has 5 heteroatoms. The number of hydrogen-bond donors (Lipinski definition) is 2. The summed E-state index contributed by atoms with van der Waals surface area (Å²) in [7, 11) is -3.50. The van der Waals surface area contributed by atoms with Gasteiger partial charge in [-0.3, -0.25) is 0 Å². The molecule has 0 radical (unpaired) electrons. The number of nitrogens with one attached hydrogen (secondary N) is 2. The van der Waals surface area contributed by atoms with E-state index in [-0.39, 0.29) is 6.04 Å². The molecule has 2 atom stereocenters. The molecule has 1 heterocycles. The molecule has 1 aliphatic rings. The van der Waals surface area contributed by atoms with E-state index in [0.29, 0.717) is 17.4 Å². The van der Waals surface area contributed by atoms with Crippen molar-refractivity contribution in [1.82, 2.24) is 10.0 Å². The Balaban J connectivity index is 1.93. The molecule has 0 spiro atoms. The van der Waals surface area contributed by atoms with Crippen molar-refractivity contribution in [2.24, 2.45) is 5.92 Å². The van der Waals surface area contributed by atoms with E-state index in [1.54, 1.807) is 12.1 Å². The summed E-state index contributed by atoms with van der Waals surface area (Å²) in [5.74, 6) is 0.485. The van der Waals surface area contributed by atoms with Gasteiger partial charge in [0.1, 0.15) is 0 Å². The Morgan fingerprint density at radius 3 is 2.67 bits per heavy atom. The molecule has 3 rings (SSSR count). The van der Waals surface area contributed by atoms with Gasteiger partial charge in [-0.15, -0.1) is 0 Å². The summed E-state index contributed by atoms with van der Waals surface area (Å²) in [4.78, 5) is 0.360. The molecule has 2 aromatic carbocycles. The number of hydrogen-bond acceptors (Lipinski definition) is 3. The highest BCUT2D eigenvalue weighted by atomic mass is 32.2.